The van der Waals surface area contributed by atoms with Crippen molar-refractivity contribution in [1.29, 1.82) is 0 Å². The van der Waals surface area contributed by atoms with Crippen molar-refractivity contribution in [2.45, 2.75) is 13.1 Å². The Hall–Kier alpha value is -2.47. The first-order chi connectivity index (χ1) is 10.1. The summed E-state index contributed by atoms with van der Waals surface area (Å²) in [7, 11) is 0. The Bertz CT molecular complexity index is 629. The molecule has 2 amide bonds. The van der Waals surface area contributed by atoms with Gasteiger partial charge in [-0.3, -0.25) is 0 Å². The third-order valence-electron chi connectivity index (χ3n) is 2.89. The lowest BCUT2D eigenvalue weighted by Gasteiger charge is -2.09. The van der Waals surface area contributed by atoms with Crippen molar-refractivity contribution >= 4 is 11.7 Å². The second kappa shape index (κ2) is 6.81. The highest BCUT2D eigenvalue weighted by Gasteiger charge is 2.06. The number of halogens is 2. The number of nitrogens with two attached hydrogens (primary N) is 1. The van der Waals surface area contributed by atoms with Crippen LogP contribution in [0.5, 0.6) is 0 Å². The summed E-state index contributed by atoms with van der Waals surface area (Å²) in [5, 5.41) is 5.05. The molecule has 0 aliphatic rings. The average molecular weight is 291 g/mol. The van der Waals surface area contributed by atoms with Crippen molar-refractivity contribution in [2.75, 3.05) is 5.32 Å². The van der Waals surface area contributed by atoms with E-state index in [0.717, 1.165) is 23.8 Å². The zero-order valence-electron chi connectivity index (χ0n) is 11.2. The van der Waals surface area contributed by atoms with Crippen molar-refractivity contribution < 1.29 is 13.6 Å². The minimum absolute atomic E-state index is 0.0867. The zero-order chi connectivity index (χ0) is 15.2. The molecular weight excluding hydrogens is 276 g/mol. The van der Waals surface area contributed by atoms with Gasteiger partial charge in [-0.05, 0) is 35.9 Å². The number of amides is 2. The predicted octanol–water partition coefficient (Wildman–Crippen LogP) is 2.75. The number of nitrogens with one attached hydrogen (secondary N) is 2. The highest BCUT2D eigenvalue weighted by atomic mass is 19.1. The van der Waals surface area contributed by atoms with Crippen molar-refractivity contribution in [3.63, 3.8) is 0 Å². The molecule has 0 aromatic heterocycles. The molecule has 0 aliphatic carbocycles. The largest absolute Gasteiger partial charge is 0.334 e. The summed E-state index contributed by atoms with van der Waals surface area (Å²) >= 11 is 0. The van der Waals surface area contributed by atoms with Crippen molar-refractivity contribution in [3.8, 4) is 0 Å². The molecule has 0 unspecified atom stereocenters. The zero-order valence-corrected chi connectivity index (χ0v) is 11.2. The summed E-state index contributed by atoms with van der Waals surface area (Å²) in [6.07, 6.45) is 0. The first-order valence-corrected chi connectivity index (χ1v) is 6.36. The number of benzene rings is 2. The molecule has 0 spiro atoms. The summed E-state index contributed by atoms with van der Waals surface area (Å²) in [6, 6.07) is 9.61. The van der Waals surface area contributed by atoms with Crippen LogP contribution in [0.15, 0.2) is 42.5 Å². The normalized spacial score (nSPS) is 10.2. The molecule has 21 heavy (non-hydrogen) atoms. The lowest BCUT2D eigenvalue weighted by molar-refractivity contribution is 0.251. The molecule has 0 bridgehead atoms. The van der Waals surface area contributed by atoms with Gasteiger partial charge in [-0.2, -0.15) is 0 Å². The van der Waals surface area contributed by atoms with E-state index in [1.165, 1.54) is 0 Å². The topological polar surface area (TPSA) is 67.1 Å². The van der Waals surface area contributed by atoms with E-state index in [1.54, 1.807) is 24.3 Å². The lowest BCUT2D eigenvalue weighted by Crippen LogP contribution is -2.28. The van der Waals surface area contributed by atoms with Crippen LogP contribution < -0.4 is 16.4 Å². The van der Waals surface area contributed by atoms with Gasteiger partial charge in [0, 0.05) is 24.3 Å². The fraction of sp³-hybridized carbons (Fsp3) is 0.133. The number of urea groups is 1. The number of hydrogen-bond donors (Lipinski definition) is 3. The van der Waals surface area contributed by atoms with Gasteiger partial charge in [-0.1, -0.05) is 12.1 Å². The summed E-state index contributed by atoms with van der Waals surface area (Å²) in [5.74, 6) is -1.12. The minimum atomic E-state index is -0.566. The first-order valence-electron chi connectivity index (χ1n) is 6.36. The molecule has 2 aromatic carbocycles. The van der Waals surface area contributed by atoms with Gasteiger partial charge in [0.2, 0.25) is 0 Å². The molecule has 0 fully saturated rings. The Kier molecular flexibility index (Phi) is 4.84. The van der Waals surface area contributed by atoms with Crippen LogP contribution in [0.2, 0.25) is 0 Å². The molecular formula is C15H15F2N3O. The highest BCUT2D eigenvalue weighted by Crippen LogP contribution is 2.10. The van der Waals surface area contributed by atoms with Gasteiger partial charge in [-0.15, -0.1) is 0 Å². The third-order valence-corrected chi connectivity index (χ3v) is 2.89. The van der Waals surface area contributed by atoms with Crippen LogP contribution in [0, 0.1) is 11.6 Å². The first kappa shape index (κ1) is 14.9. The van der Waals surface area contributed by atoms with Crippen LogP contribution in [-0.4, -0.2) is 6.03 Å². The van der Waals surface area contributed by atoms with Gasteiger partial charge < -0.3 is 16.4 Å². The van der Waals surface area contributed by atoms with Crippen LogP contribution in [0.1, 0.15) is 11.1 Å². The molecule has 0 aliphatic heterocycles. The Morgan fingerprint density at radius 1 is 1.10 bits per heavy atom. The minimum Gasteiger partial charge on any atom is -0.334 e. The molecule has 2 aromatic rings. The van der Waals surface area contributed by atoms with Crippen molar-refractivity contribution in [1.82, 2.24) is 5.32 Å². The predicted molar refractivity (Wildman–Crippen MR) is 76.5 cm³/mol. The van der Waals surface area contributed by atoms with Crippen LogP contribution in [-0.2, 0) is 13.1 Å². The summed E-state index contributed by atoms with van der Waals surface area (Å²) in [4.78, 5) is 11.7. The average Bonchev–Trinajstić information content (AvgIpc) is 2.49. The van der Waals surface area contributed by atoms with Gasteiger partial charge >= 0.3 is 6.03 Å². The Morgan fingerprint density at radius 2 is 1.81 bits per heavy atom. The van der Waals surface area contributed by atoms with E-state index in [9.17, 15) is 13.6 Å². The maximum absolute atomic E-state index is 13.4. The van der Waals surface area contributed by atoms with E-state index >= 15 is 0 Å². The second-order valence-electron chi connectivity index (χ2n) is 4.44. The summed E-state index contributed by atoms with van der Waals surface area (Å²) in [5.41, 5.74) is 7.09. The summed E-state index contributed by atoms with van der Waals surface area (Å²) in [6.45, 7) is 0.321. The Morgan fingerprint density at radius 3 is 2.48 bits per heavy atom. The maximum atomic E-state index is 13.4. The monoisotopic (exact) mass is 291 g/mol. The van der Waals surface area contributed by atoms with Crippen LogP contribution in [0.4, 0.5) is 19.3 Å². The molecule has 6 heteroatoms. The molecule has 0 heterocycles. The van der Waals surface area contributed by atoms with E-state index in [4.69, 9.17) is 5.73 Å². The molecule has 0 saturated heterocycles. The molecule has 4 nitrogen and oxygen atoms in total. The fourth-order valence-electron chi connectivity index (χ4n) is 1.75. The number of hydrogen-bond acceptors (Lipinski definition) is 2. The molecule has 110 valence electrons. The third kappa shape index (κ3) is 4.25. The standard InChI is InChI=1S/C15H15F2N3O/c16-12-3-6-14(17)11(7-12)9-19-15(21)20-13-4-1-10(8-18)2-5-13/h1-7H,8-9,18H2,(H2,19,20,21). The van der Waals surface area contributed by atoms with Crippen molar-refractivity contribution in [3.05, 3.63) is 65.2 Å². The van der Waals surface area contributed by atoms with Gasteiger partial charge in [0.05, 0.1) is 0 Å². The van der Waals surface area contributed by atoms with E-state index in [-0.39, 0.29) is 12.1 Å². The Labute approximate surface area is 121 Å². The molecule has 0 saturated carbocycles. The Balaban J connectivity index is 1.91. The molecule has 0 radical (unpaired) electrons. The molecule has 2 rings (SSSR count). The number of rotatable bonds is 4. The smallest absolute Gasteiger partial charge is 0.319 e. The SMILES string of the molecule is NCc1ccc(NC(=O)NCc2cc(F)ccc2F)cc1. The number of anilines is 1. The number of carbonyl (C=O) groups is 1. The van der Waals surface area contributed by atoms with E-state index in [1.807, 2.05) is 0 Å². The molecule has 0 atom stereocenters. The van der Waals surface area contributed by atoms with Gasteiger partial charge in [0.1, 0.15) is 11.6 Å². The van der Waals surface area contributed by atoms with Crippen LogP contribution in [0.25, 0.3) is 0 Å². The summed E-state index contributed by atoms with van der Waals surface area (Å²) < 4.78 is 26.4. The second-order valence-corrected chi connectivity index (χ2v) is 4.44. The lowest BCUT2D eigenvalue weighted by atomic mass is 10.2. The maximum Gasteiger partial charge on any atom is 0.319 e. The van der Waals surface area contributed by atoms with Crippen LogP contribution in [0.3, 0.4) is 0 Å². The van der Waals surface area contributed by atoms with Gasteiger partial charge in [0.15, 0.2) is 0 Å². The van der Waals surface area contributed by atoms with Crippen molar-refractivity contribution in [2.24, 2.45) is 5.73 Å². The molecule has 4 N–H and O–H groups in total. The quantitative estimate of drug-likeness (QED) is 0.811. The van der Waals surface area contributed by atoms with Gasteiger partial charge in [-0.25, -0.2) is 13.6 Å². The van der Waals surface area contributed by atoms with E-state index in [2.05, 4.69) is 10.6 Å². The van der Waals surface area contributed by atoms with Crippen LogP contribution >= 0.6 is 0 Å². The number of carbonyl (C=O) groups excluding carboxylic acids is 1. The van der Waals surface area contributed by atoms with E-state index in [0.29, 0.717) is 12.2 Å². The highest BCUT2D eigenvalue weighted by molar-refractivity contribution is 5.89. The fourth-order valence-corrected chi connectivity index (χ4v) is 1.75. The van der Waals surface area contributed by atoms with E-state index < -0.39 is 17.7 Å². The van der Waals surface area contributed by atoms with Gasteiger partial charge in [0.25, 0.3) is 0 Å².